The molecule has 0 saturated heterocycles. The summed E-state index contributed by atoms with van der Waals surface area (Å²) < 4.78 is 24.3. The van der Waals surface area contributed by atoms with E-state index < -0.39 is 10.0 Å². The van der Waals surface area contributed by atoms with Crippen LogP contribution in [0.2, 0.25) is 0 Å². The lowest BCUT2D eigenvalue weighted by molar-refractivity contribution is 0.445. The van der Waals surface area contributed by atoms with Gasteiger partial charge in [-0.05, 0) is 30.0 Å². The molecule has 104 valence electrons. The lowest BCUT2D eigenvalue weighted by Gasteiger charge is -2.24. The van der Waals surface area contributed by atoms with Crippen LogP contribution in [0, 0.1) is 0 Å². The number of pyridine rings is 1. The number of hydrogen-bond acceptors (Lipinski definition) is 4. The highest BCUT2D eigenvalue weighted by molar-refractivity contribution is 7.88. The van der Waals surface area contributed by atoms with E-state index in [9.17, 15) is 8.42 Å². The molecule has 1 aliphatic heterocycles. The van der Waals surface area contributed by atoms with E-state index in [-0.39, 0.29) is 0 Å². The summed E-state index contributed by atoms with van der Waals surface area (Å²) in [5.74, 6) is 0. The van der Waals surface area contributed by atoms with E-state index >= 15 is 0 Å². The quantitative estimate of drug-likeness (QED) is 0.905. The van der Waals surface area contributed by atoms with Gasteiger partial charge in [0.15, 0.2) is 0 Å². The van der Waals surface area contributed by atoms with E-state index in [1.807, 2.05) is 12.1 Å². The normalized spacial score (nSPS) is 17.3. The lowest BCUT2D eigenvalue weighted by Crippen LogP contribution is -2.33. The molecular formula is C13H19N3O2S. The number of aromatic nitrogens is 1. The van der Waals surface area contributed by atoms with Gasteiger partial charge in [-0.25, -0.2) is 8.42 Å². The molecule has 2 rings (SSSR count). The van der Waals surface area contributed by atoms with Crippen LogP contribution in [0.15, 0.2) is 18.3 Å². The summed E-state index contributed by atoms with van der Waals surface area (Å²) in [6, 6.07) is 2.00. The number of nitrogens with zero attached hydrogens (tertiary/aromatic N) is 2. The standard InChI is InChI=1S/C13H19N3O2S/c1-3-10-8-13(15-9-12(10)14)11-4-6-16(7-5-11)19(2,17)18/h4,8-9H,3,5-7,14H2,1-2H3. The van der Waals surface area contributed by atoms with Gasteiger partial charge in [0.05, 0.1) is 23.8 Å². The first-order valence-corrected chi connectivity index (χ1v) is 8.15. The minimum atomic E-state index is -3.10. The van der Waals surface area contributed by atoms with Crippen molar-refractivity contribution in [2.45, 2.75) is 19.8 Å². The molecule has 0 spiro atoms. The van der Waals surface area contributed by atoms with Crippen molar-refractivity contribution in [2.75, 3.05) is 25.1 Å². The van der Waals surface area contributed by atoms with Gasteiger partial charge in [0.25, 0.3) is 0 Å². The number of nitrogen functional groups attached to an aromatic ring is 1. The van der Waals surface area contributed by atoms with Gasteiger partial charge in [0.2, 0.25) is 10.0 Å². The maximum atomic E-state index is 11.4. The first kappa shape index (κ1) is 14.0. The van der Waals surface area contributed by atoms with Gasteiger partial charge in [0, 0.05) is 13.1 Å². The van der Waals surface area contributed by atoms with Crippen molar-refractivity contribution < 1.29 is 8.42 Å². The Kier molecular flexibility index (Phi) is 3.91. The van der Waals surface area contributed by atoms with Crippen LogP contribution >= 0.6 is 0 Å². The molecule has 1 aliphatic rings. The summed E-state index contributed by atoms with van der Waals surface area (Å²) in [6.07, 6.45) is 6.40. The van der Waals surface area contributed by atoms with Crippen LogP contribution < -0.4 is 5.73 Å². The van der Waals surface area contributed by atoms with Gasteiger partial charge in [-0.15, -0.1) is 0 Å². The summed E-state index contributed by atoms with van der Waals surface area (Å²) in [6.45, 7) is 2.98. The third kappa shape index (κ3) is 3.13. The molecule has 0 amide bonds. The van der Waals surface area contributed by atoms with Crippen molar-refractivity contribution in [2.24, 2.45) is 0 Å². The van der Waals surface area contributed by atoms with E-state index in [4.69, 9.17) is 5.73 Å². The molecule has 2 N–H and O–H groups in total. The Morgan fingerprint density at radius 2 is 2.21 bits per heavy atom. The third-order valence-electron chi connectivity index (χ3n) is 3.38. The molecule has 1 aromatic rings. The molecule has 6 heteroatoms. The van der Waals surface area contributed by atoms with Crippen LogP contribution in [-0.4, -0.2) is 37.1 Å². The highest BCUT2D eigenvalue weighted by atomic mass is 32.2. The molecule has 0 radical (unpaired) electrons. The van der Waals surface area contributed by atoms with Gasteiger partial charge < -0.3 is 5.73 Å². The van der Waals surface area contributed by atoms with Gasteiger partial charge in [-0.1, -0.05) is 13.0 Å². The number of aryl methyl sites for hydroxylation is 1. The second-order valence-electron chi connectivity index (χ2n) is 4.72. The Morgan fingerprint density at radius 3 is 2.74 bits per heavy atom. The van der Waals surface area contributed by atoms with Gasteiger partial charge >= 0.3 is 0 Å². The second-order valence-corrected chi connectivity index (χ2v) is 6.70. The second kappa shape index (κ2) is 5.30. The molecule has 0 aromatic carbocycles. The first-order valence-electron chi connectivity index (χ1n) is 6.30. The molecule has 0 fully saturated rings. The Bertz CT molecular complexity index is 608. The Hall–Kier alpha value is -1.40. The van der Waals surface area contributed by atoms with Crippen molar-refractivity contribution in [1.82, 2.24) is 9.29 Å². The minimum Gasteiger partial charge on any atom is -0.397 e. The molecule has 1 aromatic heterocycles. The van der Waals surface area contributed by atoms with E-state index in [1.165, 1.54) is 10.6 Å². The Balaban J connectivity index is 2.23. The smallest absolute Gasteiger partial charge is 0.211 e. The molecule has 0 bridgehead atoms. The van der Waals surface area contributed by atoms with Crippen LogP contribution in [0.5, 0.6) is 0 Å². The number of sulfonamides is 1. The lowest BCUT2D eigenvalue weighted by atomic mass is 10.0. The summed E-state index contributed by atoms with van der Waals surface area (Å²) in [4.78, 5) is 4.34. The third-order valence-corrected chi connectivity index (χ3v) is 4.64. The Labute approximate surface area is 114 Å². The van der Waals surface area contributed by atoms with Crippen molar-refractivity contribution in [1.29, 1.82) is 0 Å². The predicted molar refractivity (Wildman–Crippen MR) is 77.0 cm³/mol. The van der Waals surface area contributed by atoms with Crippen molar-refractivity contribution in [3.05, 3.63) is 29.6 Å². The maximum absolute atomic E-state index is 11.4. The van der Waals surface area contributed by atoms with Gasteiger partial charge in [-0.3, -0.25) is 4.98 Å². The molecule has 5 nitrogen and oxygen atoms in total. The molecule has 19 heavy (non-hydrogen) atoms. The highest BCUT2D eigenvalue weighted by Gasteiger charge is 2.20. The number of rotatable bonds is 3. The van der Waals surface area contributed by atoms with Crippen LogP contribution in [0.25, 0.3) is 5.57 Å². The van der Waals surface area contributed by atoms with Crippen LogP contribution in [0.4, 0.5) is 5.69 Å². The summed E-state index contributed by atoms with van der Waals surface area (Å²) in [5, 5.41) is 0. The zero-order valence-corrected chi connectivity index (χ0v) is 12.1. The van der Waals surface area contributed by atoms with E-state index in [2.05, 4.69) is 11.9 Å². The summed E-state index contributed by atoms with van der Waals surface area (Å²) in [5.41, 5.74) is 9.62. The van der Waals surface area contributed by atoms with Crippen LogP contribution in [0.1, 0.15) is 24.6 Å². The zero-order chi connectivity index (χ0) is 14.0. The zero-order valence-electron chi connectivity index (χ0n) is 11.3. The van der Waals surface area contributed by atoms with E-state index in [0.717, 1.165) is 23.3 Å². The number of hydrogen-bond donors (Lipinski definition) is 1. The molecule has 0 unspecified atom stereocenters. The van der Waals surface area contributed by atoms with Crippen LogP contribution in [0.3, 0.4) is 0 Å². The average Bonchev–Trinajstić information content (AvgIpc) is 2.38. The Morgan fingerprint density at radius 1 is 1.47 bits per heavy atom. The van der Waals surface area contributed by atoms with Crippen molar-refractivity contribution in [3.63, 3.8) is 0 Å². The van der Waals surface area contributed by atoms with Crippen molar-refractivity contribution >= 4 is 21.3 Å². The minimum absolute atomic E-state index is 0.418. The van der Waals surface area contributed by atoms with Crippen molar-refractivity contribution in [3.8, 4) is 0 Å². The average molecular weight is 281 g/mol. The fourth-order valence-electron chi connectivity index (χ4n) is 2.17. The summed E-state index contributed by atoms with van der Waals surface area (Å²) >= 11 is 0. The topological polar surface area (TPSA) is 76.3 Å². The molecule has 0 aliphatic carbocycles. The van der Waals surface area contributed by atoms with Gasteiger partial charge in [0.1, 0.15) is 0 Å². The first-order chi connectivity index (χ1) is 8.91. The van der Waals surface area contributed by atoms with E-state index in [1.54, 1.807) is 6.20 Å². The fraction of sp³-hybridized carbons (Fsp3) is 0.462. The maximum Gasteiger partial charge on any atom is 0.211 e. The molecule has 0 saturated carbocycles. The number of nitrogens with two attached hydrogens (primary N) is 1. The molecule has 2 heterocycles. The highest BCUT2D eigenvalue weighted by Crippen LogP contribution is 2.24. The van der Waals surface area contributed by atoms with E-state index in [0.29, 0.717) is 25.2 Å². The largest absolute Gasteiger partial charge is 0.397 e. The van der Waals surface area contributed by atoms with Gasteiger partial charge in [-0.2, -0.15) is 4.31 Å². The fourth-order valence-corrected chi connectivity index (χ4v) is 2.94. The molecule has 0 atom stereocenters. The monoisotopic (exact) mass is 281 g/mol. The summed E-state index contributed by atoms with van der Waals surface area (Å²) in [7, 11) is -3.10. The van der Waals surface area contributed by atoms with Crippen LogP contribution in [-0.2, 0) is 16.4 Å². The predicted octanol–water partition coefficient (Wildman–Crippen LogP) is 1.27. The molecular weight excluding hydrogens is 262 g/mol. The SMILES string of the molecule is CCc1cc(C2=CCN(S(C)(=O)=O)CC2)ncc1N. The number of anilines is 1.